The highest BCUT2D eigenvalue weighted by Crippen LogP contribution is 2.28. The number of rotatable bonds is 6. The van der Waals surface area contributed by atoms with Gasteiger partial charge in [-0.15, -0.1) is 0 Å². The molecule has 0 aliphatic carbocycles. The summed E-state index contributed by atoms with van der Waals surface area (Å²) in [5, 5.41) is 68.0. The number of aliphatic hydroxyl groups is 7. The van der Waals surface area contributed by atoms with Crippen molar-refractivity contribution in [3.05, 3.63) is 0 Å². The Morgan fingerprint density at radius 1 is 0.760 bits per heavy atom. The summed E-state index contributed by atoms with van der Waals surface area (Å²) in [4.78, 5) is 0. The Balaban J connectivity index is 2.07. The number of aliphatic hydroxyl groups excluding tert-OH is 7. The van der Waals surface area contributed by atoms with Gasteiger partial charge in [-0.1, -0.05) is 0 Å². The van der Waals surface area contributed by atoms with Gasteiger partial charge in [0.1, 0.15) is 48.8 Å². The van der Waals surface area contributed by atoms with Crippen LogP contribution in [0.1, 0.15) is 0 Å². The summed E-state index contributed by atoms with van der Waals surface area (Å²) in [5.41, 5.74) is 0. The van der Waals surface area contributed by atoms with Crippen LogP contribution < -0.4 is 0 Å². The van der Waals surface area contributed by atoms with Gasteiger partial charge in [-0.2, -0.15) is 0 Å². The second kappa shape index (κ2) is 9.04. The van der Waals surface area contributed by atoms with E-state index in [2.05, 4.69) is 4.52 Å². The average Bonchev–Trinajstić information content (AvgIpc) is 2.61. The molecule has 13 heteroatoms. The molecule has 0 unspecified atom stereocenters. The number of hydrogen-bond donors (Lipinski definition) is 7. The molecule has 0 aromatic rings. The van der Waals surface area contributed by atoms with Crippen molar-refractivity contribution in [1.29, 1.82) is 0 Å². The van der Waals surface area contributed by atoms with E-state index in [-0.39, 0.29) is 0 Å². The van der Waals surface area contributed by atoms with Gasteiger partial charge in [0.15, 0.2) is 12.6 Å². The first-order valence-electron chi connectivity index (χ1n) is 7.42. The SMILES string of the molecule is O=POC[C@H]1O[C@@H](O[C@H]2O[C@H](CO)[C@@H](O)[C@H](O)[C@@H]2O)[C@@H](O)[C@@H](O)[C@@H]1O. The van der Waals surface area contributed by atoms with E-state index < -0.39 is 83.3 Å². The predicted octanol–water partition coefficient (Wildman–Crippen LogP) is -4.17. The van der Waals surface area contributed by atoms with Crippen LogP contribution in [0.3, 0.4) is 0 Å². The van der Waals surface area contributed by atoms with Crippen LogP contribution in [0.2, 0.25) is 0 Å². The van der Waals surface area contributed by atoms with Crippen LogP contribution in [0.25, 0.3) is 0 Å². The second-order valence-corrected chi connectivity index (χ2v) is 6.13. The largest absolute Gasteiger partial charge is 0.394 e. The lowest BCUT2D eigenvalue weighted by Gasteiger charge is -2.44. The molecule has 25 heavy (non-hydrogen) atoms. The van der Waals surface area contributed by atoms with Crippen LogP contribution in [-0.4, -0.2) is 110 Å². The lowest BCUT2D eigenvalue weighted by atomic mass is 9.98. The van der Waals surface area contributed by atoms with Gasteiger partial charge >= 0.3 is 8.69 Å². The van der Waals surface area contributed by atoms with E-state index >= 15 is 0 Å². The molecule has 0 saturated carbocycles. The first-order valence-corrected chi connectivity index (χ1v) is 8.15. The molecule has 0 radical (unpaired) electrons. The molecule has 7 N–H and O–H groups in total. The van der Waals surface area contributed by atoms with Crippen LogP contribution >= 0.6 is 8.69 Å². The van der Waals surface area contributed by atoms with Gasteiger partial charge in [0.05, 0.1) is 13.2 Å². The molecule has 2 rings (SSSR count). The van der Waals surface area contributed by atoms with Crippen molar-refractivity contribution in [2.75, 3.05) is 13.2 Å². The average molecular weight is 388 g/mol. The Morgan fingerprint density at radius 2 is 1.24 bits per heavy atom. The van der Waals surface area contributed by atoms with Crippen molar-refractivity contribution in [2.24, 2.45) is 0 Å². The summed E-state index contributed by atoms with van der Waals surface area (Å²) in [7, 11) is -0.688. The van der Waals surface area contributed by atoms with Gasteiger partial charge < -0.3 is 50.0 Å². The molecule has 2 saturated heterocycles. The van der Waals surface area contributed by atoms with Crippen molar-refractivity contribution in [2.45, 2.75) is 61.4 Å². The number of ether oxygens (including phenoxy) is 3. The maximum Gasteiger partial charge on any atom is 0.327 e. The van der Waals surface area contributed by atoms with Crippen LogP contribution in [-0.2, 0) is 23.3 Å². The molecular weight excluding hydrogens is 367 g/mol. The van der Waals surface area contributed by atoms with E-state index in [9.17, 15) is 35.2 Å². The number of hydrogen-bond acceptors (Lipinski definition) is 12. The van der Waals surface area contributed by atoms with Crippen molar-refractivity contribution in [1.82, 2.24) is 0 Å². The van der Waals surface area contributed by atoms with Crippen LogP contribution in [0.4, 0.5) is 0 Å². The molecule has 12 nitrogen and oxygen atoms in total. The summed E-state index contributed by atoms with van der Waals surface area (Å²) in [5.74, 6) is 0. The Labute approximate surface area is 143 Å². The van der Waals surface area contributed by atoms with E-state index in [0.717, 1.165) is 0 Å². The maximum atomic E-state index is 10.3. The normalized spacial score (nSPS) is 48.6. The predicted molar refractivity (Wildman–Crippen MR) is 75.1 cm³/mol. The molecule has 2 fully saturated rings. The van der Waals surface area contributed by atoms with E-state index in [1.165, 1.54) is 0 Å². The van der Waals surface area contributed by atoms with E-state index in [4.69, 9.17) is 19.3 Å². The molecule has 2 aliphatic heterocycles. The summed E-state index contributed by atoms with van der Waals surface area (Å²) in [6, 6.07) is 0. The van der Waals surface area contributed by atoms with Gasteiger partial charge in [-0.3, -0.25) is 4.52 Å². The molecule has 0 bridgehead atoms. The molecule has 0 aromatic carbocycles. The highest BCUT2D eigenvalue weighted by atomic mass is 31.1. The summed E-state index contributed by atoms with van der Waals surface area (Å²) < 4.78 is 30.4. The summed E-state index contributed by atoms with van der Waals surface area (Å²) >= 11 is 0. The Kier molecular flexibility index (Phi) is 7.58. The molecule has 0 spiro atoms. The lowest BCUT2D eigenvalue weighted by molar-refractivity contribution is -0.376. The molecule has 0 amide bonds. The van der Waals surface area contributed by atoms with Gasteiger partial charge in [-0.05, 0) is 0 Å². The van der Waals surface area contributed by atoms with E-state index in [0.29, 0.717) is 0 Å². The van der Waals surface area contributed by atoms with Gasteiger partial charge in [-0.25, -0.2) is 4.57 Å². The fraction of sp³-hybridized carbons (Fsp3) is 1.00. The zero-order valence-corrected chi connectivity index (χ0v) is 13.7. The van der Waals surface area contributed by atoms with Crippen LogP contribution in [0.15, 0.2) is 0 Å². The van der Waals surface area contributed by atoms with Crippen LogP contribution in [0.5, 0.6) is 0 Å². The third-order valence-corrected chi connectivity index (χ3v) is 4.33. The topological polar surface area (TPSA) is 196 Å². The molecule has 2 aliphatic rings. The Morgan fingerprint density at radius 3 is 1.72 bits per heavy atom. The molecule has 146 valence electrons. The second-order valence-electron chi connectivity index (χ2n) is 5.72. The zero-order valence-electron chi connectivity index (χ0n) is 12.8. The summed E-state index contributed by atoms with van der Waals surface area (Å²) in [6.45, 7) is -1.08. The van der Waals surface area contributed by atoms with E-state index in [1.807, 2.05) is 0 Å². The van der Waals surface area contributed by atoms with Gasteiger partial charge in [0.25, 0.3) is 0 Å². The highest BCUT2D eigenvalue weighted by molar-refractivity contribution is 7.17. The minimum atomic E-state index is -1.75. The van der Waals surface area contributed by atoms with E-state index in [1.54, 1.807) is 0 Å². The summed E-state index contributed by atoms with van der Waals surface area (Å²) in [6.07, 6.45) is -15.7. The minimum absolute atomic E-state index is 0.398. The molecule has 2 heterocycles. The molecular formula is C12H21O12P. The van der Waals surface area contributed by atoms with Gasteiger partial charge in [0, 0.05) is 0 Å². The zero-order chi connectivity index (χ0) is 18.7. The third kappa shape index (κ3) is 4.50. The first kappa shape index (κ1) is 21.0. The van der Waals surface area contributed by atoms with Crippen molar-refractivity contribution in [3.63, 3.8) is 0 Å². The fourth-order valence-electron chi connectivity index (χ4n) is 2.58. The van der Waals surface area contributed by atoms with Crippen molar-refractivity contribution in [3.8, 4) is 0 Å². The third-order valence-electron chi connectivity index (χ3n) is 4.08. The first-order chi connectivity index (χ1) is 11.8. The minimum Gasteiger partial charge on any atom is -0.394 e. The Bertz CT molecular complexity index is 438. The van der Waals surface area contributed by atoms with Crippen molar-refractivity contribution < 1.29 is 59.0 Å². The Hall–Kier alpha value is -0.340. The lowest BCUT2D eigenvalue weighted by Crippen LogP contribution is -2.63. The molecule has 10 atom stereocenters. The highest BCUT2D eigenvalue weighted by Gasteiger charge is 2.49. The molecule has 0 aromatic heterocycles. The van der Waals surface area contributed by atoms with Gasteiger partial charge in [0.2, 0.25) is 0 Å². The quantitative estimate of drug-likeness (QED) is 0.217. The maximum absolute atomic E-state index is 10.3. The smallest absolute Gasteiger partial charge is 0.327 e. The van der Waals surface area contributed by atoms with Crippen molar-refractivity contribution >= 4 is 8.69 Å². The standard InChI is InChI=1S/C12H21O12P/c13-1-3-5(14)7(16)9(18)11(22-3)24-12-10(19)8(17)6(15)4(23-12)2-21-25-20/h3-19H,1-2H2/t3-,4-,5-,6-,7+,8+,9+,10+,11-,12+/m1/s1. The fourth-order valence-corrected chi connectivity index (χ4v) is 2.79. The van der Waals surface area contributed by atoms with Crippen LogP contribution in [0, 0.1) is 0 Å². The monoisotopic (exact) mass is 388 g/mol.